The van der Waals surface area contributed by atoms with Gasteiger partial charge >= 0.3 is 0 Å². The Balaban J connectivity index is 3.34. The first-order chi connectivity index (χ1) is 4.63. The standard InChI is InChI=1S/C7H5BCl2/c1-4-5(8)2-3-6(9)7(4)10/h2-3H,1H3. The van der Waals surface area contributed by atoms with Crippen molar-refractivity contribution in [2.75, 3.05) is 0 Å². The monoisotopic (exact) mass is 170 g/mol. The summed E-state index contributed by atoms with van der Waals surface area (Å²) in [5.74, 6) is 0. The third-order valence-electron chi connectivity index (χ3n) is 1.38. The van der Waals surface area contributed by atoms with E-state index in [4.69, 9.17) is 31.0 Å². The Hall–Kier alpha value is -0.135. The lowest BCUT2D eigenvalue weighted by atomic mass is 9.91. The van der Waals surface area contributed by atoms with Crippen LogP contribution in [0.4, 0.5) is 0 Å². The van der Waals surface area contributed by atoms with Gasteiger partial charge in [-0.05, 0) is 18.6 Å². The first-order valence-corrected chi connectivity index (χ1v) is 3.58. The van der Waals surface area contributed by atoms with Crippen molar-refractivity contribution in [1.29, 1.82) is 0 Å². The van der Waals surface area contributed by atoms with Crippen LogP contribution in [0.15, 0.2) is 12.1 Å². The molecule has 10 heavy (non-hydrogen) atoms. The molecular formula is C7H5BCl2. The van der Waals surface area contributed by atoms with E-state index >= 15 is 0 Å². The summed E-state index contributed by atoms with van der Waals surface area (Å²) in [4.78, 5) is 0. The van der Waals surface area contributed by atoms with E-state index in [1.54, 1.807) is 12.1 Å². The zero-order chi connectivity index (χ0) is 7.72. The minimum atomic E-state index is 0.543. The van der Waals surface area contributed by atoms with Crippen LogP contribution in [0.2, 0.25) is 10.0 Å². The maximum absolute atomic E-state index is 5.77. The van der Waals surface area contributed by atoms with E-state index in [2.05, 4.69) is 0 Å². The molecule has 1 aromatic rings. The molecule has 0 unspecified atom stereocenters. The number of hydrogen-bond donors (Lipinski definition) is 0. The van der Waals surface area contributed by atoms with Crippen LogP contribution in [0.25, 0.3) is 0 Å². The lowest BCUT2D eigenvalue weighted by molar-refractivity contribution is 1.52. The molecule has 0 aliphatic heterocycles. The summed E-state index contributed by atoms with van der Waals surface area (Å²) in [5.41, 5.74) is 1.52. The Morgan fingerprint density at radius 3 is 2.40 bits per heavy atom. The van der Waals surface area contributed by atoms with Gasteiger partial charge in [0, 0.05) is 0 Å². The topological polar surface area (TPSA) is 0 Å². The average Bonchev–Trinajstić information content (AvgIpc) is 1.93. The van der Waals surface area contributed by atoms with Crippen molar-refractivity contribution in [2.45, 2.75) is 6.92 Å². The van der Waals surface area contributed by atoms with Crippen LogP contribution in [-0.2, 0) is 0 Å². The predicted molar refractivity (Wildman–Crippen MR) is 46.6 cm³/mol. The van der Waals surface area contributed by atoms with Gasteiger partial charge in [-0.1, -0.05) is 34.7 Å². The largest absolute Gasteiger partial charge is 0.114 e. The normalized spacial score (nSPS) is 9.90. The van der Waals surface area contributed by atoms with Gasteiger partial charge in [-0.3, -0.25) is 0 Å². The van der Waals surface area contributed by atoms with Gasteiger partial charge in [0.25, 0.3) is 0 Å². The molecule has 0 fully saturated rings. The summed E-state index contributed by atoms with van der Waals surface area (Å²) in [6.45, 7) is 1.84. The molecule has 1 rings (SSSR count). The first-order valence-electron chi connectivity index (χ1n) is 2.83. The second-order valence-corrected chi connectivity index (χ2v) is 2.86. The van der Waals surface area contributed by atoms with Crippen molar-refractivity contribution in [3.63, 3.8) is 0 Å². The molecule has 0 saturated carbocycles. The lowest BCUT2D eigenvalue weighted by Gasteiger charge is -2.02. The quantitative estimate of drug-likeness (QED) is 0.524. The fourth-order valence-electron chi connectivity index (χ4n) is 0.667. The Labute approximate surface area is 71.6 Å². The summed E-state index contributed by atoms with van der Waals surface area (Å²) in [6.07, 6.45) is 0. The highest BCUT2D eigenvalue weighted by Crippen LogP contribution is 2.22. The highest BCUT2D eigenvalue weighted by Gasteiger charge is 2.01. The third kappa shape index (κ3) is 1.30. The number of hydrogen-bond acceptors (Lipinski definition) is 0. The second-order valence-electron chi connectivity index (χ2n) is 2.08. The van der Waals surface area contributed by atoms with Crippen LogP contribution >= 0.6 is 23.2 Å². The fraction of sp³-hybridized carbons (Fsp3) is 0.143. The van der Waals surface area contributed by atoms with Crippen LogP contribution in [0.1, 0.15) is 5.56 Å². The van der Waals surface area contributed by atoms with Gasteiger partial charge in [-0.2, -0.15) is 0 Å². The summed E-state index contributed by atoms with van der Waals surface area (Å²) < 4.78 is 0. The van der Waals surface area contributed by atoms with E-state index in [0.29, 0.717) is 15.5 Å². The minimum Gasteiger partial charge on any atom is -0.0922 e. The van der Waals surface area contributed by atoms with Gasteiger partial charge in [-0.25, -0.2) is 0 Å². The highest BCUT2D eigenvalue weighted by molar-refractivity contribution is 6.44. The molecule has 0 nitrogen and oxygen atoms in total. The number of benzene rings is 1. The maximum atomic E-state index is 5.77. The molecular weight excluding hydrogens is 166 g/mol. The average molecular weight is 171 g/mol. The molecule has 0 atom stereocenters. The van der Waals surface area contributed by atoms with Crippen LogP contribution in [-0.4, -0.2) is 7.85 Å². The van der Waals surface area contributed by atoms with Crippen LogP contribution in [0.3, 0.4) is 0 Å². The minimum absolute atomic E-state index is 0.543. The Bertz CT molecular complexity index is 231. The molecule has 0 amide bonds. The second kappa shape index (κ2) is 2.85. The van der Waals surface area contributed by atoms with E-state index in [9.17, 15) is 0 Å². The lowest BCUT2D eigenvalue weighted by Crippen LogP contribution is -2.06. The van der Waals surface area contributed by atoms with E-state index < -0.39 is 0 Å². The maximum Gasteiger partial charge on any atom is 0.114 e. The van der Waals surface area contributed by atoms with Gasteiger partial charge in [0.05, 0.1) is 10.0 Å². The third-order valence-corrected chi connectivity index (χ3v) is 2.28. The van der Waals surface area contributed by atoms with E-state index in [1.165, 1.54) is 0 Å². The van der Waals surface area contributed by atoms with Crippen molar-refractivity contribution in [1.82, 2.24) is 0 Å². The smallest absolute Gasteiger partial charge is 0.0922 e. The fourth-order valence-corrected chi connectivity index (χ4v) is 1.04. The molecule has 0 spiro atoms. The summed E-state index contributed by atoms with van der Waals surface area (Å²) in [6, 6.07) is 3.43. The Kier molecular flexibility index (Phi) is 2.27. The zero-order valence-electron chi connectivity index (χ0n) is 5.49. The van der Waals surface area contributed by atoms with Crippen LogP contribution in [0.5, 0.6) is 0 Å². The molecule has 3 heteroatoms. The van der Waals surface area contributed by atoms with E-state index in [-0.39, 0.29) is 0 Å². The molecule has 0 bridgehead atoms. The van der Waals surface area contributed by atoms with Gasteiger partial charge in [-0.15, -0.1) is 0 Å². The highest BCUT2D eigenvalue weighted by atomic mass is 35.5. The molecule has 50 valence electrons. The molecule has 0 aliphatic rings. The zero-order valence-corrected chi connectivity index (χ0v) is 7.00. The van der Waals surface area contributed by atoms with Gasteiger partial charge in [0.15, 0.2) is 0 Å². The number of halogens is 2. The SMILES string of the molecule is [B]c1ccc(Cl)c(Cl)c1C. The molecule has 0 aromatic heterocycles. The molecule has 0 aliphatic carbocycles. The Morgan fingerprint density at radius 2 is 1.90 bits per heavy atom. The van der Waals surface area contributed by atoms with Crippen molar-refractivity contribution < 1.29 is 0 Å². The van der Waals surface area contributed by atoms with Gasteiger partial charge in [0.2, 0.25) is 0 Å². The summed E-state index contributed by atoms with van der Waals surface area (Å²) in [7, 11) is 5.55. The molecule has 1 aromatic carbocycles. The van der Waals surface area contributed by atoms with Gasteiger partial charge in [0.1, 0.15) is 7.85 Å². The van der Waals surface area contributed by atoms with Crippen LogP contribution in [0, 0.1) is 6.92 Å². The Morgan fingerprint density at radius 1 is 1.30 bits per heavy atom. The van der Waals surface area contributed by atoms with Crippen molar-refractivity contribution >= 4 is 36.5 Å². The molecule has 2 radical (unpaired) electrons. The van der Waals surface area contributed by atoms with Crippen molar-refractivity contribution in [2.24, 2.45) is 0 Å². The molecule has 0 saturated heterocycles. The van der Waals surface area contributed by atoms with E-state index in [1.807, 2.05) is 6.92 Å². The first kappa shape index (κ1) is 7.97. The predicted octanol–water partition coefficient (Wildman–Crippen LogP) is 2.10. The molecule has 0 N–H and O–H groups in total. The van der Waals surface area contributed by atoms with E-state index in [0.717, 1.165) is 5.56 Å². The van der Waals surface area contributed by atoms with Crippen LogP contribution < -0.4 is 5.46 Å². The van der Waals surface area contributed by atoms with Crippen molar-refractivity contribution in [3.05, 3.63) is 27.7 Å². The van der Waals surface area contributed by atoms with Crippen molar-refractivity contribution in [3.8, 4) is 0 Å². The number of rotatable bonds is 0. The molecule has 0 heterocycles. The summed E-state index contributed by atoms with van der Waals surface area (Å²) >= 11 is 11.5. The summed E-state index contributed by atoms with van der Waals surface area (Å²) in [5, 5.41) is 1.09. The van der Waals surface area contributed by atoms with Gasteiger partial charge < -0.3 is 0 Å².